The average molecular weight is 429 g/mol. The van der Waals surface area contributed by atoms with E-state index in [9.17, 15) is 9.59 Å². The number of ether oxygens (including phenoxy) is 2. The van der Waals surface area contributed by atoms with Crippen LogP contribution < -0.4 is 14.8 Å². The summed E-state index contributed by atoms with van der Waals surface area (Å²) in [6, 6.07) is 13.0. The predicted octanol–water partition coefficient (Wildman–Crippen LogP) is 4.20. The summed E-state index contributed by atoms with van der Waals surface area (Å²) >= 11 is 1.54. The standard InChI is InChI=1S/C23H28N2O4S/c1-16(22(26)24-20-14-19(28-2)10-11-21(20)29-3)30-15-17-6-8-18(9-7-17)23(27)25-12-4-5-13-25/h6-11,14,16H,4-5,12-13,15H2,1-3H3,(H,24,26)/t16-/m1/s1. The zero-order chi connectivity index (χ0) is 21.5. The molecule has 0 spiro atoms. The van der Waals surface area contributed by atoms with Crippen LogP contribution in [0.2, 0.25) is 0 Å². The van der Waals surface area contributed by atoms with Gasteiger partial charge in [0.25, 0.3) is 5.91 Å². The number of nitrogens with zero attached hydrogens (tertiary/aromatic N) is 1. The lowest BCUT2D eigenvalue weighted by Gasteiger charge is -2.16. The van der Waals surface area contributed by atoms with Crippen LogP contribution in [0.4, 0.5) is 5.69 Å². The Kier molecular flexibility index (Phi) is 7.63. The van der Waals surface area contributed by atoms with Crippen LogP contribution in [0.5, 0.6) is 11.5 Å². The maximum absolute atomic E-state index is 12.6. The molecule has 0 bridgehead atoms. The minimum absolute atomic E-state index is 0.103. The van der Waals surface area contributed by atoms with Crippen LogP contribution in [0.3, 0.4) is 0 Å². The summed E-state index contributed by atoms with van der Waals surface area (Å²) < 4.78 is 10.5. The third kappa shape index (κ3) is 5.48. The first-order valence-corrected chi connectivity index (χ1v) is 11.1. The number of methoxy groups -OCH3 is 2. The van der Waals surface area contributed by atoms with E-state index in [1.165, 1.54) is 0 Å². The SMILES string of the molecule is COc1ccc(OC)c(NC(=O)[C@@H](C)SCc2ccc(C(=O)N3CCCC3)cc2)c1. The monoisotopic (exact) mass is 428 g/mol. The van der Waals surface area contributed by atoms with Crippen molar-refractivity contribution in [2.45, 2.75) is 30.8 Å². The van der Waals surface area contributed by atoms with Crippen molar-refractivity contribution in [3.05, 3.63) is 53.6 Å². The van der Waals surface area contributed by atoms with E-state index in [4.69, 9.17) is 9.47 Å². The second-order valence-electron chi connectivity index (χ2n) is 7.20. The number of nitrogens with one attached hydrogen (secondary N) is 1. The van der Waals surface area contributed by atoms with E-state index in [0.717, 1.165) is 37.1 Å². The Morgan fingerprint density at radius 1 is 1.07 bits per heavy atom. The van der Waals surface area contributed by atoms with Crippen molar-refractivity contribution in [1.29, 1.82) is 0 Å². The Labute approximate surface area is 181 Å². The van der Waals surface area contributed by atoms with E-state index in [1.54, 1.807) is 44.2 Å². The molecular weight excluding hydrogens is 400 g/mol. The molecule has 6 nitrogen and oxygen atoms in total. The van der Waals surface area contributed by atoms with Gasteiger partial charge in [0.2, 0.25) is 5.91 Å². The van der Waals surface area contributed by atoms with Crippen LogP contribution in [0.1, 0.15) is 35.7 Å². The number of benzene rings is 2. The minimum atomic E-state index is -0.258. The largest absolute Gasteiger partial charge is 0.497 e. The molecule has 0 aromatic heterocycles. The van der Waals surface area contributed by atoms with Gasteiger partial charge in [-0.05, 0) is 49.6 Å². The first-order valence-electron chi connectivity index (χ1n) is 10.0. The van der Waals surface area contributed by atoms with E-state index in [2.05, 4.69) is 5.32 Å². The summed E-state index contributed by atoms with van der Waals surface area (Å²) in [6.07, 6.45) is 2.17. The highest BCUT2D eigenvalue weighted by molar-refractivity contribution is 7.99. The van der Waals surface area contributed by atoms with Gasteiger partial charge in [-0.1, -0.05) is 12.1 Å². The predicted molar refractivity (Wildman–Crippen MR) is 121 cm³/mol. The summed E-state index contributed by atoms with van der Waals surface area (Å²) in [7, 11) is 3.14. The van der Waals surface area contributed by atoms with Crippen LogP contribution in [0, 0.1) is 0 Å². The normalized spacial score (nSPS) is 14.3. The van der Waals surface area contributed by atoms with Gasteiger partial charge in [0.05, 0.1) is 25.2 Å². The third-order valence-electron chi connectivity index (χ3n) is 5.13. The molecule has 1 heterocycles. The number of thioether (sulfide) groups is 1. The van der Waals surface area contributed by atoms with Crippen LogP contribution in [-0.4, -0.2) is 49.3 Å². The van der Waals surface area contributed by atoms with Crippen molar-refractivity contribution in [2.24, 2.45) is 0 Å². The summed E-state index contributed by atoms with van der Waals surface area (Å²) in [5.74, 6) is 1.91. The molecule has 1 aliphatic heterocycles. The number of likely N-dealkylation sites (tertiary alicyclic amines) is 1. The first kappa shape index (κ1) is 22.0. The van der Waals surface area contributed by atoms with Gasteiger partial charge >= 0.3 is 0 Å². The molecule has 30 heavy (non-hydrogen) atoms. The molecule has 3 rings (SSSR count). The van der Waals surface area contributed by atoms with Crippen LogP contribution in [-0.2, 0) is 10.5 Å². The lowest BCUT2D eigenvalue weighted by Crippen LogP contribution is -2.27. The zero-order valence-electron chi connectivity index (χ0n) is 17.6. The Hall–Kier alpha value is -2.67. The van der Waals surface area contributed by atoms with Gasteiger partial charge in [0.1, 0.15) is 11.5 Å². The number of anilines is 1. The fourth-order valence-corrected chi connectivity index (χ4v) is 4.13. The molecule has 2 amide bonds. The van der Waals surface area contributed by atoms with Crippen molar-refractivity contribution in [3.8, 4) is 11.5 Å². The second-order valence-corrected chi connectivity index (χ2v) is 8.53. The molecule has 0 unspecified atom stereocenters. The summed E-state index contributed by atoms with van der Waals surface area (Å²) in [5.41, 5.74) is 2.39. The number of carbonyl (C=O) groups excluding carboxylic acids is 2. The highest BCUT2D eigenvalue weighted by atomic mass is 32.2. The third-order valence-corrected chi connectivity index (χ3v) is 6.34. The number of hydrogen-bond acceptors (Lipinski definition) is 5. The smallest absolute Gasteiger partial charge is 0.253 e. The number of carbonyl (C=O) groups is 2. The highest BCUT2D eigenvalue weighted by Gasteiger charge is 2.20. The molecule has 0 radical (unpaired) electrons. The van der Waals surface area contributed by atoms with Gasteiger partial charge in [0.15, 0.2) is 0 Å². The number of rotatable bonds is 8. The van der Waals surface area contributed by atoms with Gasteiger partial charge in [-0.15, -0.1) is 11.8 Å². The average Bonchev–Trinajstić information content (AvgIpc) is 3.32. The molecule has 7 heteroatoms. The van der Waals surface area contributed by atoms with E-state index in [1.807, 2.05) is 36.1 Å². The molecular formula is C23H28N2O4S. The van der Waals surface area contributed by atoms with Crippen molar-refractivity contribution < 1.29 is 19.1 Å². The molecule has 1 saturated heterocycles. The fraction of sp³-hybridized carbons (Fsp3) is 0.391. The molecule has 2 aromatic rings. The Morgan fingerprint density at radius 3 is 2.40 bits per heavy atom. The van der Waals surface area contributed by atoms with E-state index < -0.39 is 0 Å². The molecule has 1 aliphatic rings. The molecule has 0 saturated carbocycles. The minimum Gasteiger partial charge on any atom is -0.497 e. The van der Waals surface area contributed by atoms with E-state index >= 15 is 0 Å². The number of hydrogen-bond donors (Lipinski definition) is 1. The first-order chi connectivity index (χ1) is 14.5. The topological polar surface area (TPSA) is 67.9 Å². The van der Waals surface area contributed by atoms with Gasteiger partial charge < -0.3 is 19.7 Å². The molecule has 2 aromatic carbocycles. The van der Waals surface area contributed by atoms with Crippen molar-refractivity contribution in [1.82, 2.24) is 4.90 Å². The van der Waals surface area contributed by atoms with E-state index in [-0.39, 0.29) is 17.1 Å². The molecule has 1 fully saturated rings. The zero-order valence-corrected chi connectivity index (χ0v) is 18.5. The van der Waals surface area contributed by atoms with Gasteiger partial charge in [-0.2, -0.15) is 0 Å². The lowest BCUT2D eigenvalue weighted by molar-refractivity contribution is -0.115. The molecule has 1 atom stereocenters. The number of amides is 2. The van der Waals surface area contributed by atoms with Gasteiger partial charge in [0, 0.05) is 30.5 Å². The van der Waals surface area contributed by atoms with Crippen molar-refractivity contribution in [3.63, 3.8) is 0 Å². The Bertz CT molecular complexity index is 879. The maximum atomic E-state index is 12.6. The molecule has 0 aliphatic carbocycles. The van der Waals surface area contributed by atoms with Gasteiger partial charge in [-0.25, -0.2) is 0 Å². The van der Waals surface area contributed by atoms with E-state index in [0.29, 0.717) is 22.9 Å². The Morgan fingerprint density at radius 2 is 1.77 bits per heavy atom. The molecule has 1 N–H and O–H groups in total. The highest BCUT2D eigenvalue weighted by Crippen LogP contribution is 2.30. The van der Waals surface area contributed by atoms with Crippen molar-refractivity contribution in [2.75, 3.05) is 32.6 Å². The summed E-state index contributed by atoms with van der Waals surface area (Å²) in [6.45, 7) is 3.57. The van der Waals surface area contributed by atoms with Crippen LogP contribution >= 0.6 is 11.8 Å². The quantitative estimate of drug-likeness (QED) is 0.683. The second kappa shape index (κ2) is 10.4. The van der Waals surface area contributed by atoms with Crippen LogP contribution in [0.25, 0.3) is 0 Å². The fourth-order valence-electron chi connectivity index (χ4n) is 3.29. The van der Waals surface area contributed by atoms with Crippen LogP contribution in [0.15, 0.2) is 42.5 Å². The van der Waals surface area contributed by atoms with Gasteiger partial charge in [-0.3, -0.25) is 9.59 Å². The van der Waals surface area contributed by atoms with Crippen molar-refractivity contribution >= 4 is 29.3 Å². The Balaban J connectivity index is 1.54. The molecule has 160 valence electrons. The summed E-state index contributed by atoms with van der Waals surface area (Å²) in [5, 5.41) is 2.65. The maximum Gasteiger partial charge on any atom is 0.253 e. The lowest BCUT2D eigenvalue weighted by atomic mass is 10.1. The summed E-state index contributed by atoms with van der Waals surface area (Å²) in [4.78, 5) is 27.0.